The van der Waals surface area contributed by atoms with Gasteiger partial charge in [0, 0.05) is 42.7 Å². The third-order valence-electron chi connectivity index (χ3n) is 6.30. The van der Waals surface area contributed by atoms with E-state index < -0.39 is 5.60 Å². The molecule has 5 rings (SSSR count). The number of hydrogen-bond acceptors (Lipinski definition) is 5. The number of piperazine rings is 1. The number of amides is 2. The molecule has 0 spiro atoms. The summed E-state index contributed by atoms with van der Waals surface area (Å²) in [4.78, 5) is 33.3. The second-order valence-corrected chi connectivity index (χ2v) is 8.45. The first-order valence-corrected chi connectivity index (χ1v) is 10.8. The summed E-state index contributed by atoms with van der Waals surface area (Å²) in [6, 6.07) is 17.2. The highest BCUT2D eigenvalue weighted by molar-refractivity contribution is 5.95. The van der Waals surface area contributed by atoms with Crippen molar-refractivity contribution in [2.75, 3.05) is 33.3 Å². The van der Waals surface area contributed by atoms with Crippen molar-refractivity contribution >= 4 is 22.7 Å². The third kappa shape index (κ3) is 3.80. The van der Waals surface area contributed by atoms with Gasteiger partial charge in [0.05, 0.1) is 18.3 Å². The zero-order chi connectivity index (χ0) is 22.3. The summed E-state index contributed by atoms with van der Waals surface area (Å²) in [6.07, 6.45) is 1.08. The summed E-state index contributed by atoms with van der Waals surface area (Å²) in [6.45, 7) is 1.85. The van der Waals surface area contributed by atoms with Crippen molar-refractivity contribution in [3.8, 4) is 17.0 Å². The molecule has 7 heteroatoms. The first-order chi connectivity index (χ1) is 15.5. The van der Waals surface area contributed by atoms with E-state index in [-0.39, 0.29) is 11.8 Å². The van der Waals surface area contributed by atoms with Gasteiger partial charge in [-0.05, 0) is 49.2 Å². The lowest BCUT2D eigenvalue weighted by molar-refractivity contribution is -0.143. The average Bonchev–Trinajstić information content (AvgIpc) is 3.61. The number of aromatic nitrogens is 1. The lowest BCUT2D eigenvalue weighted by Gasteiger charge is -2.35. The van der Waals surface area contributed by atoms with Gasteiger partial charge in [-0.1, -0.05) is 18.2 Å². The Morgan fingerprint density at radius 3 is 2.28 bits per heavy atom. The number of methoxy groups -OCH3 is 1. The highest BCUT2D eigenvalue weighted by Crippen LogP contribution is 2.37. The molecule has 0 unspecified atom stereocenters. The second-order valence-electron chi connectivity index (χ2n) is 8.45. The third-order valence-corrected chi connectivity index (χ3v) is 6.30. The molecule has 2 fully saturated rings. The number of pyridine rings is 1. The van der Waals surface area contributed by atoms with Crippen LogP contribution < -0.4 is 4.74 Å². The van der Waals surface area contributed by atoms with Crippen LogP contribution in [0.3, 0.4) is 0 Å². The number of nitrogens with zero attached hydrogens (tertiary/aromatic N) is 3. The zero-order valence-corrected chi connectivity index (χ0v) is 18.0. The molecular formula is C25H25N3O4. The maximum Gasteiger partial charge on any atom is 0.254 e. The maximum absolute atomic E-state index is 12.9. The van der Waals surface area contributed by atoms with Crippen LogP contribution in [0.5, 0.6) is 5.75 Å². The number of hydrogen-bond donors (Lipinski definition) is 1. The van der Waals surface area contributed by atoms with Gasteiger partial charge < -0.3 is 19.6 Å². The van der Waals surface area contributed by atoms with Crippen LogP contribution in [-0.2, 0) is 4.79 Å². The number of ether oxygens (including phenoxy) is 1. The molecule has 2 aliphatic rings. The van der Waals surface area contributed by atoms with E-state index in [1.54, 1.807) is 16.9 Å². The number of rotatable bonds is 4. The molecule has 3 aromatic rings. The molecule has 1 aromatic heterocycles. The smallest absolute Gasteiger partial charge is 0.254 e. The number of aliphatic hydroxyl groups is 1. The van der Waals surface area contributed by atoms with Gasteiger partial charge in [0.2, 0.25) is 0 Å². The molecule has 2 aromatic carbocycles. The summed E-state index contributed by atoms with van der Waals surface area (Å²) < 4.78 is 5.26. The van der Waals surface area contributed by atoms with Crippen molar-refractivity contribution < 1.29 is 19.4 Å². The van der Waals surface area contributed by atoms with E-state index in [1.165, 1.54) is 0 Å². The van der Waals surface area contributed by atoms with Crippen molar-refractivity contribution in [3.63, 3.8) is 0 Å². The SMILES string of the molecule is COc1ccc2nc(-c3ccc(C(=O)N4CCN(C(=O)C5(O)CC5)CC4)cc3)ccc2c1. The minimum absolute atomic E-state index is 0.0488. The van der Waals surface area contributed by atoms with Crippen molar-refractivity contribution in [3.05, 3.63) is 60.2 Å². The summed E-state index contributed by atoms with van der Waals surface area (Å²) in [5.41, 5.74) is 2.12. The Morgan fingerprint density at radius 2 is 1.62 bits per heavy atom. The minimum atomic E-state index is -1.15. The lowest BCUT2D eigenvalue weighted by atomic mass is 10.1. The monoisotopic (exact) mass is 431 g/mol. The van der Waals surface area contributed by atoms with Crippen molar-refractivity contribution in [1.82, 2.24) is 14.8 Å². The average molecular weight is 431 g/mol. The highest BCUT2D eigenvalue weighted by Gasteiger charge is 2.50. The topological polar surface area (TPSA) is 83.0 Å². The summed E-state index contributed by atoms with van der Waals surface area (Å²) in [5, 5.41) is 11.0. The predicted octanol–water partition coefficient (Wildman–Crippen LogP) is 2.72. The van der Waals surface area contributed by atoms with Crippen molar-refractivity contribution in [1.29, 1.82) is 0 Å². The van der Waals surface area contributed by atoms with Crippen LogP contribution in [0.25, 0.3) is 22.2 Å². The van der Waals surface area contributed by atoms with E-state index in [2.05, 4.69) is 0 Å². The van der Waals surface area contributed by atoms with E-state index in [0.29, 0.717) is 44.6 Å². The molecule has 7 nitrogen and oxygen atoms in total. The van der Waals surface area contributed by atoms with Crippen LogP contribution in [0.4, 0.5) is 0 Å². The number of carbonyl (C=O) groups excluding carboxylic acids is 2. The molecule has 0 radical (unpaired) electrons. The molecule has 0 bridgehead atoms. The summed E-state index contributed by atoms with van der Waals surface area (Å²) >= 11 is 0. The molecule has 2 heterocycles. The zero-order valence-electron chi connectivity index (χ0n) is 18.0. The number of benzene rings is 2. The second kappa shape index (κ2) is 7.91. The van der Waals surface area contributed by atoms with Crippen LogP contribution in [0, 0.1) is 0 Å². The molecule has 1 aliphatic heterocycles. The van der Waals surface area contributed by atoms with Crippen LogP contribution >= 0.6 is 0 Å². The van der Waals surface area contributed by atoms with E-state index in [9.17, 15) is 14.7 Å². The van der Waals surface area contributed by atoms with Gasteiger partial charge in [0.15, 0.2) is 0 Å². The summed E-state index contributed by atoms with van der Waals surface area (Å²) in [7, 11) is 1.64. The Balaban J connectivity index is 1.26. The molecule has 2 amide bonds. The standard InChI is InChI=1S/C25H25N3O4/c1-32-20-7-9-22-19(16-20)6-8-21(26-22)17-2-4-18(5-3-17)23(29)27-12-14-28(15-13-27)24(30)25(31)10-11-25/h2-9,16,31H,10-15H2,1H3. The molecule has 1 saturated carbocycles. The van der Waals surface area contributed by atoms with Crippen molar-refractivity contribution in [2.24, 2.45) is 0 Å². The molecule has 164 valence electrons. The van der Waals surface area contributed by atoms with E-state index >= 15 is 0 Å². The van der Waals surface area contributed by atoms with Gasteiger partial charge in [-0.25, -0.2) is 4.98 Å². The van der Waals surface area contributed by atoms with Gasteiger partial charge >= 0.3 is 0 Å². The first kappa shape index (κ1) is 20.5. The fourth-order valence-electron chi connectivity index (χ4n) is 4.10. The Bertz CT molecular complexity index is 1180. The Kier molecular flexibility index (Phi) is 5.06. The molecule has 1 aliphatic carbocycles. The predicted molar refractivity (Wildman–Crippen MR) is 120 cm³/mol. The van der Waals surface area contributed by atoms with Gasteiger partial charge in [0.25, 0.3) is 11.8 Å². The molecule has 0 atom stereocenters. The van der Waals surface area contributed by atoms with Crippen LogP contribution in [0.15, 0.2) is 54.6 Å². The highest BCUT2D eigenvalue weighted by atomic mass is 16.5. The van der Waals surface area contributed by atoms with Crippen LogP contribution in [0.1, 0.15) is 23.2 Å². The first-order valence-electron chi connectivity index (χ1n) is 10.8. The Morgan fingerprint density at radius 1 is 0.938 bits per heavy atom. The van der Waals surface area contributed by atoms with Gasteiger partial charge in [0.1, 0.15) is 11.4 Å². The molecular weight excluding hydrogens is 406 g/mol. The molecule has 1 saturated heterocycles. The van der Waals surface area contributed by atoms with Crippen LogP contribution in [0.2, 0.25) is 0 Å². The fourth-order valence-corrected chi connectivity index (χ4v) is 4.10. The molecule has 1 N–H and O–H groups in total. The van der Waals surface area contributed by atoms with Gasteiger partial charge in [-0.15, -0.1) is 0 Å². The fraction of sp³-hybridized carbons (Fsp3) is 0.320. The maximum atomic E-state index is 12.9. The summed E-state index contributed by atoms with van der Waals surface area (Å²) in [5.74, 6) is 0.547. The van der Waals surface area contributed by atoms with E-state index in [1.807, 2.05) is 54.6 Å². The van der Waals surface area contributed by atoms with E-state index in [0.717, 1.165) is 27.9 Å². The lowest BCUT2D eigenvalue weighted by Crippen LogP contribution is -2.53. The molecule has 32 heavy (non-hydrogen) atoms. The number of fused-ring (bicyclic) bond motifs is 1. The van der Waals surface area contributed by atoms with Gasteiger partial charge in [-0.3, -0.25) is 9.59 Å². The van der Waals surface area contributed by atoms with Crippen LogP contribution in [-0.4, -0.2) is 70.6 Å². The minimum Gasteiger partial charge on any atom is -0.497 e. The van der Waals surface area contributed by atoms with Crippen molar-refractivity contribution in [2.45, 2.75) is 18.4 Å². The largest absolute Gasteiger partial charge is 0.497 e. The number of carbonyl (C=O) groups is 2. The van der Waals surface area contributed by atoms with Gasteiger partial charge in [-0.2, -0.15) is 0 Å². The van der Waals surface area contributed by atoms with E-state index in [4.69, 9.17) is 9.72 Å². The Labute approximate surface area is 186 Å². The quantitative estimate of drug-likeness (QED) is 0.687. The normalized spacial score (nSPS) is 17.3. The Hall–Kier alpha value is -3.45.